The third kappa shape index (κ3) is 2.85. The van der Waals surface area contributed by atoms with Gasteiger partial charge in [-0.3, -0.25) is 4.79 Å². The number of thiophene rings is 1. The van der Waals surface area contributed by atoms with Gasteiger partial charge in [-0.1, -0.05) is 24.3 Å². The monoisotopic (exact) mass is 308 g/mol. The topological polar surface area (TPSA) is 17.1 Å². The Hall–Kier alpha value is -0.930. The van der Waals surface area contributed by atoms with Gasteiger partial charge in [0.15, 0.2) is 5.78 Å². The third-order valence-corrected chi connectivity index (χ3v) is 4.92. The molecule has 2 rings (SSSR count). The molecule has 0 saturated heterocycles. The fraction of sp³-hybridized carbons (Fsp3) is 0.214. The molecule has 0 unspecified atom stereocenters. The summed E-state index contributed by atoms with van der Waals surface area (Å²) in [5.74, 6) is 0.193. The van der Waals surface area contributed by atoms with Gasteiger partial charge in [0.25, 0.3) is 0 Å². The number of aryl methyl sites for hydroxylation is 2. The maximum Gasteiger partial charge on any atom is 0.177 e. The molecule has 0 saturated carbocycles. The predicted octanol–water partition coefficient (Wildman–Crippen LogP) is 4.55. The fourth-order valence-corrected chi connectivity index (χ4v) is 3.14. The minimum absolute atomic E-state index is 0.193. The van der Waals surface area contributed by atoms with Crippen LogP contribution >= 0.6 is 27.3 Å². The first-order chi connectivity index (χ1) is 8.08. The lowest BCUT2D eigenvalue weighted by atomic mass is 10.0. The van der Waals surface area contributed by atoms with Crippen LogP contribution in [0.5, 0.6) is 0 Å². The number of hydrogen-bond acceptors (Lipinski definition) is 2. The lowest BCUT2D eigenvalue weighted by Gasteiger charge is -2.03. The van der Waals surface area contributed by atoms with Gasteiger partial charge in [0.05, 0.1) is 8.66 Å². The van der Waals surface area contributed by atoms with E-state index in [1.807, 2.05) is 44.2 Å². The lowest BCUT2D eigenvalue weighted by Crippen LogP contribution is -2.02. The van der Waals surface area contributed by atoms with Crippen molar-refractivity contribution in [2.24, 2.45) is 0 Å². The molecule has 0 aliphatic carbocycles. The van der Waals surface area contributed by atoms with Crippen molar-refractivity contribution in [1.29, 1.82) is 0 Å². The summed E-state index contributed by atoms with van der Waals surface area (Å²) in [4.78, 5) is 13.0. The minimum Gasteiger partial charge on any atom is -0.293 e. The SMILES string of the molecule is Cc1ccccc1CC(=O)c1cc(C)c(Br)s1. The summed E-state index contributed by atoms with van der Waals surface area (Å²) >= 11 is 4.97. The second-order valence-electron chi connectivity index (χ2n) is 4.09. The van der Waals surface area contributed by atoms with Gasteiger partial charge in [0.2, 0.25) is 0 Å². The molecule has 1 aromatic heterocycles. The molecule has 0 atom stereocenters. The Labute approximate surface area is 114 Å². The molecule has 0 fully saturated rings. The number of benzene rings is 1. The lowest BCUT2D eigenvalue weighted by molar-refractivity contribution is 0.0996. The number of Topliss-reactive ketones (excluding diaryl/α,β-unsaturated/α-hetero) is 1. The zero-order valence-corrected chi connectivity index (χ0v) is 12.2. The highest BCUT2D eigenvalue weighted by Gasteiger charge is 2.12. The van der Waals surface area contributed by atoms with E-state index in [-0.39, 0.29) is 5.78 Å². The summed E-state index contributed by atoms with van der Waals surface area (Å²) in [6, 6.07) is 9.98. The highest BCUT2D eigenvalue weighted by atomic mass is 79.9. The largest absolute Gasteiger partial charge is 0.293 e. The molecule has 1 nitrogen and oxygen atoms in total. The normalized spacial score (nSPS) is 10.5. The Kier molecular flexibility index (Phi) is 3.79. The quantitative estimate of drug-likeness (QED) is 0.760. The maximum absolute atomic E-state index is 12.1. The Bertz CT molecular complexity index is 538. The van der Waals surface area contributed by atoms with Gasteiger partial charge >= 0.3 is 0 Å². The summed E-state index contributed by atoms with van der Waals surface area (Å²) in [5.41, 5.74) is 3.41. The average Bonchev–Trinajstić information content (AvgIpc) is 2.63. The summed E-state index contributed by atoms with van der Waals surface area (Å²) in [6.07, 6.45) is 0.485. The van der Waals surface area contributed by atoms with Crippen molar-refractivity contribution < 1.29 is 4.79 Å². The van der Waals surface area contributed by atoms with Crippen LogP contribution in [0.1, 0.15) is 26.4 Å². The molecule has 0 bridgehead atoms. The number of carbonyl (C=O) groups is 1. The third-order valence-electron chi connectivity index (χ3n) is 2.74. The molecule has 0 N–H and O–H groups in total. The Morgan fingerprint density at radius 1 is 1.24 bits per heavy atom. The van der Waals surface area contributed by atoms with Crippen LogP contribution in [0, 0.1) is 13.8 Å². The highest BCUT2D eigenvalue weighted by molar-refractivity contribution is 9.11. The first kappa shape index (κ1) is 12.5. The molecule has 0 radical (unpaired) electrons. The molecule has 0 amide bonds. The van der Waals surface area contributed by atoms with Gasteiger partial charge in [0.1, 0.15) is 0 Å². The molecular formula is C14H13BrOS. The highest BCUT2D eigenvalue weighted by Crippen LogP contribution is 2.28. The summed E-state index contributed by atoms with van der Waals surface area (Å²) in [6.45, 7) is 4.04. The van der Waals surface area contributed by atoms with Gasteiger partial charge < -0.3 is 0 Å². The second-order valence-corrected chi connectivity index (χ2v) is 6.46. The van der Waals surface area contributed by atoms with E-state index >= 15 is 0 Å². The van der Waals surface area contributed by atoms with Crippen LogP contribution in [0.3, 0.4) is 0 Å². The minimum atomic E-state index is 0.193. The van der Waals surface area contributed by atoms with E-state index in [0.717, 1.165) is 19.8 Å². The molecule has 0 spiro atoms. The molecule has 1 aromatic carbocycles. The van der Waals surface area contributed by atoms with Crippen LogP contribution in [-0.2, 0) is 6.42 Å². The van der Waals surface area contributed by atoms with E-state index in [4.69, 9.17) is 0 Å². The van der Waals surface area contributed by atoms with Gasteiger partial charge in [-0.25, -0.2) is 0 Å². The van der Waals surface area contributed by atoms with Crippen LogP contribution in [0.4, 0.5) is 0 Å². The maximum atomic E-state index is 12.1. The van der Waals surface area contributed by atoms with E-state index in [1.54, 1.807) is 0 Å². The standard InChI is InChI=1S/C14H13BrOS/c1-9-5-3-4-6-11(9)8-12(16)13-7-10(2)14(15)17-13/h3-7H,8H2,1-2H3. The van der Waals surface area contributed by atoms with Crippen molar-refractivity contribution in [1.82, 2.24) is 0 Å². The van der Waals surface area contributed by atoms with E-state index in [2.05, 4.69) is 15.9 Å². The number of halogens is 1. The Balaban J connectivity index is 2.20. The van der Waals surface area contributed by atoms with Gasteiger partial charge in [-0.05, 0) is 52.5 Å². The van der Waals surface area contributed by atoms with Crippen molar-refractivity contribution in [3.63, 3.8) is 0 Å². The summed E-state index contributed by atoms with van der Waals surface area (Å²) < 4.78 is 1.05. The van der Waals surface area contributed by atoms with Crippen molar-refractivity contribution in [3.05, 3.63) is 55.7 Å². The van der Waals surface area contributed by atoms with Crippen LogP contribution in [0.25, 0.3) is 0 Å². The molecule has 0 aliphatic rings. The van der Waals surface area contributed by atoms with Gasteiger partial charge in [0, 0.05) is 6.42 Å². The smallest absolute Gasteiger partial charge is 0.177 e. The molecule has 2 aromatic rings. The first-order valence-electron chi connectivity index (χ1n) is 5.41. The van der Waals surface area contributed by atoms with Crippen LogP contribution in [0.15, 0.2) is 34.1 Å². The van der Waals surface area contributed by atoms with Crippen LogP contribution < -0.4 is 0 Å². The van der Waals surface area contributed by atoms with Gasteiger partial charge in [-0.2, -0.15) is 0 Å². The average molecular weight is 309 g/mol. The first-order valence-corrected chi connectivity index (χ1v) is 7.02. The summed E-state index contributed by atoms with van der Waals surface area (Å²) in [7, 11) is 0. The van der Waals surface area contributed by atoms with E-state index in [9.17, 15) is 4.79 Å². The van der Waals surface area contributed by atoms with Crippen LogP contribution in [0.2, 0.25) is 0 Å². The van der Waals surface area contributed by atoms with Crippen LogP contribution in [-0.4, -0.2) is 5.78 Å². The predicted molar refractivity (Wildman–Crippen MR) is 76.0 cm³/mol. The number of carbonyl (C=O) groups excluding carboxylic acids is 1. The number of rotatable bonds is 3. The molecule has 88 valence electrons. The van der Waals surface area contributed by atoms with Crippen molar-refractivity contribution >= 4 is 33.0 Å². The Morgan fingerprint density at radius 2 is 1.94 bits per heavy atom. The fourth-order valence-electron chi connectivity index (χ4n) is 1.67. The van der Waals surface area contributed by atoms with E-state index < -0.39 is 0 Å². The molecule has 3 heteroatoms. The molecule has 17 heavy (non-hydrogen) atoms. The van der Waals surface area contributed by atoms with E-state index in [0.29, 0.717) is 6.42 Å². The molecule has 0 aliphatic heterocycles. The zero-order valence-electron chi connectivity index (χ0n) is 9.79. The number of hydrogen-bond donors (Lipinski definition) is 0. The van der Waals surface area contributed by atoms with Crippen molar-refractivity contribution in [2.75, 3.05) is 0 Å². The summed E-state index contributed by atoms with van der Waals surface area (Å²) in [5, 5.41) is 0. The van der Waals surface area contributed by atoms with E-state index in [1.165, 1.54) is 16.9 Å². The van der Waals surface area contributed by atoms with Crippen molar-refractivity contribution in [2.45, 2.75) is 20.3 Å². The van der Waals surface area contributed by atoms with Crippen molar-refractivity contribution in [3.8, 4) is 0 Å². The Morgan fingerprint density at radius 3 is 2.53 bits per heavy atom. The second kappa shape index (κ2) is 5.15. The van der Waals surface area contributed by atoms with Gasteiger partial charge in [-0.15, -0.1) is 11.3 Å². The zero-order chi connectivity index (χ0) is 12.4. The molecule has 1 heterocycles. The molecular weight excluding hydrogens is 296 g/mol. The number of ketones is 1.